The number of ether oxygens (including phenoxy) is 1. The fourth-order valence-corrected chi connectivity index (χ4v) is 3.56. The molecule has 0 unspecified atom stereocenters. The lowest BCUT2D eigenvalue weighted by Crippen LogP contribution is -2.15. The average molecular weight is 380 g/mol. The van der Waals surface area contributed by atoms with Gasteiger partial charge in [0.25, 0.3) is 0 Å². The molecule has 0 radical (unpaired) electrons. The Hall–Kier alpha value is -2.87. The molecule has 1 N–H and O–H groups in total. The summed E-state index contributed by atoms with van der Waals surface area (Å²) < 4.78 is 44.4. The van der Waals surface area contributed by atoms with Crippen molar-refractivity contribution in [2.45, 2.75) is 6.18 Å². The molecule has 3 aromatic rings. The predicted molar refractivity (Wildman–Crippen MR) is 91.5 cm³/mol. The first-order valence-electron chi connectivity index (χ1n) is 7.28. The molecule has 26 heavy (non-hydrogen) atoms. The zero-order valence-electron chi connectivity index (χ0n) is 13.3. The predicted octanol–water partition coefficient (Wildman–Crippen LogP) is 4.44. The summed E-state index contributed by atoms with van der Waals surface area (Å²) in [6, 6.07) is 9.17. The van der Waals surface area contributed by atoms with Crippen LogP contribution in [0.3, 0.4) is 0 Å². The third-order valence-electron chi connectivity index (χ3n) is 3.81. The number of aromatic hydroxyl groups is 1. The Morgan fingerprint density at radius 2 is 1.85 bits per heavy atom. The van der Waals surface area contributed by atoms with Crippen molar-refractivity contribution >= 4 is 27.4 Å². The molecule has 0 saturated heterocycles. The second kappa shape index (κ2) is 6.45. The molecule has 0 spiro atoms. The summed E-state index contributed by atoms with van der Waals surface area (Å²) >= 11 is 0.722. The summed E-state index contributed by atoms with van der Waals surface area (Å²) in [6.45, 7) is 0. The van der Waals surface area contributed by atoms with E-state index in [1.165, 1.54) is 36.4 Å². The molecule has 0 fully saturated rings. The maximum Gasteiger partial charge on any atom is 0.417 e. The van der Waals surface area contributed by atoms with Crippen LogP contribution in [0.2, 0.25) is 0 Å². The fourth-order valence-electron chi connectivity index (χ4n) is 2.61. The van der Waals surface area contributed by atoms with Crippen LogP contribution in [0.5, 0.6) is 5.06 Å². The normalized spacial score (nSPS) is 11.5. The van der Waals surface area contributed by atoms with Gasteiger partial charge >= 0.3 is 12.1 Å². The molecule has 2 aromatic carbocycles. The van der Waals surface area contributed by atoms with Gasteiger partial charge < -0.3 is 9.84 Å². The van der Waals surface area contributed by atoms with Crippen molar-refractivity contribution in [1.29, 1.82) is 0 Å². The zero-order chi connectivity index (χ0) is 19.1. The maximum atomic E-state index is 13.2. The van der Waals surface area contributed by atoms with Crippen LogP contribution >= 0.6 is 11.3 Å². The van der Waals surface area contributed by atoms with Crippen LogP contribution in [0.1, 0.15) is 15.9 Å². The van der Waals surface area contributed by atoms with E-state index >= 15 is 0 Å². The number of benzene rings is 2. The molecular formula is C18H11F3O4S. The van der Waals surface area contributed by atoms with Gasteiger partial charge in [0.2, 0.25) is 5.43 Å². The van der Waals surface area contributed by atoms with E-state index in [-0.39, 0.29) is 21.2 Å². The molecule has 0 atom stereocenters. The van der Waals surface area contributed by atoms with Gasteiger partial charge in [0.1, 0.15) is 0 Å². The first-order valence-corrected chi connectivity index (χ1v) is 8.10. The lowest BCUT2D eigenvalue weighted by molar-refractivity contribution is -0.137. The van der Waals surface area contributed by atoms with Crippen molar-refractivity contribution in [2.75, 3.05) is 7.11 Å². The SMILES string of the molecule is COC(=O)c1c(O)sc2cc(-c3ccccc3C(F)(F)F)ccc2c1=O. The van der Waals surface area contributed by atoms with Gasteiger partial charge in [0, 0.05) is 10.1 Å². The van der Waals surface area contributed by atoms with Crippen LogP contribution in [-0.2, 0) is 10.9 Å². The van der Waals surface area contributed by atoms with E-state index in [0.29, 0.717) is 0 Å². The highest BCUT2D eigenvalue weighted by Gasteiger charge is 2.33. The molecule has 0 amide bonds. The molecule has 134 valence electrons. The third-order valence-corrected chi connectivity index (χ3v) is 4.76. The maximum absolute atomic E-state index is 13.2. The van der Waals surface area contributed by atoms with Crippen LogP contribution < -0.4 is 5.43 Å². The molecule has 1 heterocycles. The Kier molecular flexibility index (Phi) is 4.45. The van der Waals surface area contributed by atoms with E-state index < -0.39 is 33.8 Å². The first-order chi connectivity index (χ1) is 12.2. The van der Waals surface area contributed by atoms with Gasteiger partial charge in [-0.1, -0.05) is 35.6 Å². The van der Waals surface area contributed by atoms with Gasteiger partial charge in [-0.25, -0.2) is 4.79 Å². The standard InChI is InChI=1S/C18H11F3O4S/c1-25-16(23)14-15(22)11-7-6-9(8-13(11)26-17(14)24)10-4-2-3-5-12(10)18(19,20)21/h2-8,24H,1H3. The summed E-state index contributed by atoms with van der Waals surface area (Å²) in [6.07, 6.45) is -4.53. The molecule has 0 bridgehead atoms. The molecule has 0 aliphatic heterocycles. The largest absolute Gasteiger partial charge is 0.499 e. The number of fused-ring (bicyclic) bond motifs is 1. The van der Waals surface area contributed by atoms with Crippen molar-refractivity contribution in [2.24, 2.45) is 0 Å². The molecule has 8 heteroatoms. The first kappa shape index (κ1) is 17.9. The van der Waals surface area contributed by atoms with Gasteiger partial charge in [-0.15, -0.1) is 0 Å². The Bertz CT molecular complexity index is 1070. The topological polar surface area (TPSA) is 63.6 Å². The highest BCUT2D eigenvalue weighted by atomic mass is 32.1. The fraction of sp³-hybridized carbons (Fsp3) is 0.111. The van der Waals surface area contributed by atoms with Gasteiger partial charge in [-0.05, 0) is 29.3 Å². The monoisotopic (exact) mass is 380 g/mol. The van der Waals surface area contributed by atoms with Crippen molar-refractivity contribution < 1.29 is 27.8 Å². The number of hydrogen-bond donors (Lipinski definition) is 1. The second-order valence-electron chi connectivity index (χ2n) is 5.36. The van der Waals surface area contributed by atoms with Gasteiger partial charge in [0.05, 0.1) is 12.7 Å². The van der Waals surface area contributed by atoms with Crippen molar-refractivity contribution in [3.63, 3.8) is 0 Å². The highest BCUT2D eigenvalue weighted by Crippen LogP contribution is 2.38. The number of alkyl halides is 3. The third kappa shape index (κ3) is 3.03. The Morgan fingerprint density at radius 3 is 2.50 bits per heavy atom. The van der Waals surface area contributed by atoms with Crippen LogP contribution in [0.4, 0.5) is 13.2 Å². The quantitative estimate of drug-likeness (QED) is 0.668. The van der Waals surface area contributed by atoms with Crippen molar-refractivity contribution in [1.82, 2.24) is 0 Å². The summed E-state index contributed by atoms with van der Waals surface area (Å²) in [4.78, 5) is 24.0. The molecule has 3 rings (SSSR count). The van der Waals surface area contributed by atoms with E-state index in [2.05, 4.69) is 4.74 Å². The van der Waals surface area contributed by atoms with Crippen LogP contribution in [0.15, 0.2) is 47.3 Å². The summed E-state index contributed by atoms with van der Waals surface area (Å²) in [5.41, 5.74) is -1.83. The van der Waals surface area contributed by atoms with E-state index in [1.807, 2.05) is 0 Å². The molecule has 0 aliphatic rings. The minimum atomic E-state index is -4.53. The minimum Gasteiger partial charge on any atom is -0.499 e. The highest BCUT2D eigenvalue weighted by molar-refractivity contribution is 7.20. The smallest absolute Gasteiger partial charge is 0.417 e. The van der Waals surface area contributed by atoms with E-state index in [1.54, 1.807) is 0 Å². The number of halogens is 3. The van der Waals surface area contributed by atoms with E-state index in [9.17, 15) is 27.9 Å². The molecule has 1 aromatic heterocycles. The number of rotatable bonds is 2. The van der Waals surface area contributed by atoms with E-state index in [4.69, 9.17) is 0 Å². The van der Waals surface area contributed by atoms with Gasteiger partial charge in [-0.3, -0.25) is 4.79 Å². The van der Waals surface area contributed by atoms with Gasteiger partial charge in [-0.2, -0.15) is 13.2 Å². The number of carbonyl (C=O) groups excluding carboxylic acids is 1. The summed E-state index contributed by atoms with van der Waals surface area (Å²) in [7, 11) is 1.08. The molecule has 0 aliphatic carbocycles. The number of carbonyl (C=O) groups is 1. The van der Waals surface area contributed by atoms with Crippen molar-refractivity contribution in [3.8, 4) is 16.2 Å². The minimum absolute atomic E-state index is 0.0434. The van der Waals surface area contributed by atoms with Crippen molar-refractivity contribution in [3.05, 3.63) is 63.8 Å². The lowest BCUT2D eigenvalue weighted by atomic mass is 9.98. The van der Waals surface area contributed by atoms with E-state index in [0.717, 1.165) is 24.5 Å². The van der Waals surface area contributed by atoms with Crippen LogP contribution in [0, 0.1) is 0 Å². The number of esters is 1. The molecule has 0 saturated carbocycles. The molecular weight excluding hydrogens is 369 g/mol. The average Bonchev–Trinajstić information content (AvgIpc) is 2.60. The molecule has 4 nitrogen and oxygen atoms in total. The number of hydrogen-bond acceptors (Lipinski definition) is 5. The zero-order valence-corrected chi connectivity index (χ0v) is 14.1. The Morgan fingerprint density at radius 1 is 1.15 bits per heavy atom. The Labute approximate surface area is 149 Å². The van der Waals surface area contributed by atoms with Gasteiger partial charge in [0.15, 0.2) is 10.6 Å². The lowest BCUT2D eigenvalue weighted by Gasteiger charge is -2.13. The second-order valence-corrected chi connectivity index (χ2v) is 6.39. The summed E-state index contributed by atoms with van der Waals surface area (Å²) in [5, 5.41) is 9.54. The van der Waals surface area contributed by atoms with Crippen LogP contribution in [-0.4, -0.2) is 18.2 Å². The summed E-state index contributed by atoms with van der Waals surface area (Å²) in [5.74, 6) is -0.975. The number of methoxy groups -OCH3 is 1. The Balaban J connectivity index is 2.25. The van der Waals surface area contributed by atoms with Crippen LogP contribution in [0.25, 0.3) is 21.2 Å².